The Hall–Kier alpha value is -2.48. The summed E-state index contributed by atoms with van der Waals surface area (Å²) in [6.45, 7) is 6.71. The Morgan fingerprint density at radius 1 is 0.889 bits per heavy atom. The lowest BCUT2D eigenvalue weighted by atomic mass is 9.78. The number of benzene rings is 1. The highest BCUT2D eigenvalue weighted by molar-refractivity contribution is 5.84. The number of aromatic nitrogens is 2. The summed E-state index contributed by atoms with van der Waals surface area (Å²) in [5, 5.41) is 0. The summed E-state index contributed by atoms with van der Waals surface area (Å²) in [6, 6.07) is 13.5. The normalized spacial score (nSPS) is 16.7. The lowest BCUT2D eigenvalue weighted by Crippen LogP contribution is -2.21. The largest absolute Gasteiger partial charge is 0.260 e. The van der Waals surface area contributed by atoms with E-state index in [2.05, 4.69) is 57.2 Å². The average Bonchev–Trinajstić information content (AvgIpc) is 3.27. The molecule has 0 unspecified atom stereocenters. The van der Waals surface area contributed by atoms with Crippen LogP contribution in [-0.2, 0) is 5.41 Å². The molecule has 2 nitrogen and oxygen atoms in total. The van der Waals surface area contributed by atoms with E-state index in [-0.39, 0.29) is 5.41 Å². The SMILES string of the molecule is Cc1cc2c(cc1-c1cc(C(C)C)ccn1)-c1cccnc1C21CCCC1. The van der Waals surface area contributed by atoms with Gasteiger partial charge >= 0.3 is 0 Å². The highest BCUT2D eigenvalue weighted by Crippen LogP contribution is 2.56. The Labute approximate surface area is 161 Å². The van der Waals surface area contributed by atoms with Crippen LogP contribution in [0.25, 0.3) is 22.4 Å². The molecule has 2 aliphatic carbocycles. The first-order chi connectivity index (χ1) is 13.1. The van der Waals surface area contributed by atoms with E-state index in [9.17, 15) is 0 Å². The predicted molar refractivity (Wildman–Crippen MR) is 111 cm³/mol. The zero-order valence-corrected chi connectivity index (χ0v) is 16.4. The van der Waals surface area contributed by atoms with Gasteiger partial charge in [-0.2, -0.15) is 0 Å². The third-order valence-corrected chi connectivity index (χ3v) is 6.61. The van der Waals surface area contributed by atoms with Crippen LogP contribution >= 0.6 is 0 Å². The Kier molecular flexibility index (Phi) is 3.72. The molecule has 0 aliphatic heterocycles. The third-order valence-electron chi connectivity index (χ3n) is 6.61. The van der Waals surface area contributed by atoms with Gasteiger partial charge in [-0.15, -0.1) is 0 Å². The van der Waals surface area contributed by atoms with Gasteiger partial charge in [0.25, 0.3) is 0 Å². The first-order valence-corrected chi connectivity index (χ1v) is 10.2. The molecule has 0 saturated heterocycles. The topological polar surface area (TPSA) is 25.8 Å². The minimum atomic E-state index is 0.141. The molecule has 5 rings (SSSR count). The summed E-state index contributed by atoms with van der Waals surface area (Å²) >= 11 is 0. The molecule has 2 aliphatic rings. The van der Waals surface area contributed by atoms with E-state index >= 15 is 0 Å². The van der Waals surface area contributed by atoms with Crippen molar-refractivity contribution < 1.29 is 0 Å². The maximum absolute atomic E-state index is 4.86. The number of fused-ring (bicyclic) bond motifs is 5. The molecule has 1 aromatic carbocycles. The quantitative estimate of drug-likeness (QED) is 0.531. The van der Waals surface area contributed by atoms with Gasteiger partial charge in [0, 0.05) is 28.9 Å². The standard InChI is InChI=1S/C25H26N2/c1-16(2)18-8-12-26-23(14-18)20-15-21-19-7-6-11-27-24(19)25(9-4-5-10-25)22(21)13-17(20)3/h6-8,11-16H,4-5,9-10H2,1-3H3. The van der Waals surface area contributed by atoms with Gasteiger partial charge in [-0.25, -0.2) is 0 Å². The van der Waals surface area contributed by atoms with Crippen molar-refractivity contribution in [2.24, 2.45) is 0 Å². The molecule has 0 amide bonds. The number of nitrogens with zero attached hydrogens (tertiary/aromatic N) is 2. The molecule has 3 aromatic rings. The van der Waals surface area contributed by atoms with Crippen LogP contribution < -0.4 is 0 Å². The Bertz CT molecular complexity index is 1030. The molecule has 0 radical (unpaired) electrons. The van der Waals surface area contributed by atoms with E-state index < -0.39 is 0 Å². The van der Waals surface area contributed by atoms with Crippen molar-refractivity contribution >= 4 is 0 Å². The average molecular weight is 354 g/mol. The number of pyridine rings is 2. The maximum atomic E-state index is 4.86. The molecular formula is C25H26N2. The van der Waals surface area contributed by atoms with Crippen molar-refractivity contribution in [3.05, 3.63) is 71.2 Å². The van der Waals surface area contributed by atoms with E-state index in [0.29, 0.717) is 5.92 Å². The van der Waals surface area contributed by atoms with Crippen LogP contribution in [0.4, 0.5) is 0 Å². The molecule has 2 aromatic heterocycles. The first-order valence-electron chi connectivity index (χ1n) is 10.2. The summed E-state index contributed by atoms with van der Waals surface area (Å²) in [5.41, 5.74) is 10.6. The third kappa shape index (κ3) is 2.39. The summed E-state index contributed by atoms with van der Waals surface area (Å²) in [6.07, 6.45) is 8.97. The van der Waals surface area contributed by atoms with Crippen molar-refractivity contribution in [3.63, 3.8) is 0 Å². The lowest BCUT2D eigenvalue weighted by Gasteiger charge is -2.25. The molecule has 136 valence electrons. The van der Waals surface area contributed by atoms with E-state index in [1.807, 2.05) is 12.4 Å². The number of rotatable bonds is 2. The van der Waals surface area contributed by atoms with Crippen LogP contribution in [0.2, 0.25) is 0 Å². The van der Waals surface area contributed by atoms with Gasteiger partial charge in [-0.05, 0) is 72.2 Å². The van der Waals surface area contributed by atoms with Gasteiger partial charge in [0.1, 0.15) is 0 Å². The second-order valence-corrected chi connectivity index (χ2v) is 8.53. The minimum Gasteiger partial charge on any atom is -0.260 e. The predicted octanol–water partition coefficient (Wildman–Crippen LogP) is 6.42. The Morgan fingerprint density at radius 2 is 1.70 bits per heavy atom. The molecule has 0 atom stereocenters. The van der Waals surface area contributed by atoms with Gasteiger partial charge < -0.3 is 0 Å². The summed E-state index contributed by atoms with van der Waals surface area (Å²) in [5.74, 6) is 0.508. The zero-order chi connectivity index (χ0) is 18.6. The van der Waals surface area contributed by atoms with Gasteiger partial charge in [-0.3, -0.25) is 9.97 Å². The second kappa shape index (κ2) is 6.02. The van der Waals surface area contributed by atoms with Gasteiger partial charge in [0.05, 0.1) is 11.4 Å². The van der Waals surface area contributed by atoms with E-state index in [4.69, 9.17) is 9.97 Å². The van der Waals surface area contributed by atoms with Crippen LogP contribution in [-0.4, -0.2) is 9.97 Å². The van der Waals surface area contributed by atoms with Crippen LogP contribution in [0.3, 0.4) is 0 Å². The molecule has 0 N–H and O–H groups in total. The minimum absolute atomic E-state index is 0.141. The molecule has 2 heteroatoms. The monoisotopic (exact) mass is 354 g/mol. The van der Waals surface area contributed by atoms with Crippen molar-refractivity contribution in [2.75, 3.05) is 0 Å². The van der Waals surface area contributed by atoms with Gasteiger partial charge in [0.2, 0.25) is 0 Å². The fraction of sp³-hybridized carbons (Fsp3) is 0.360. The molecule has 0 bridgehead atoms. The van der Waals surface area contributed by atoms with Crippen LogP contribution in [0.1, 0.15) is 67.8 Å². The summed E-state index contributed by atoms with van der Waals surface area (Å²) in [4.78, 5) is 9.57. The van der Waals surface area contributed by atoms with E-state index in [0.717, 1.165) is 5.69 Å². The van der Waals surface area contributed by atoms with Crippen molar-refractivity contribution in [1.82, 2.24) is 9.97 Å². The summed E-state index contributed by atoms with van der Waals surface area (Å²) < 4.78 is 0. The second-order valence-electron chi connectivity index (χ2n) is 8.53. The van der Waals surface area contributed by atoms with Crippen LogP contribution in [0.15, 0.2) is 48.8 Å². The number of aryl methyl sites for hydroxylation is 1. The molecule has 1 fully saturated rings. The summed E-state index contributed by atoms with van der Waals surface area (Å²) in [7, 11) is 0. The molecule has 1 spiro atoms. The Morgan fingerprint density at radius 3 is 2.48 bits per heavy atom. The smallest absolute Gasteiger partial charge is 0.0707 e. The Balaban J connectivity index is 1.73. The number of hydrogen-bond donors (Lipinski definition) is 0. The first kappa shape index (κ1) is 16.7. The fourth-order valence-corrected chi connectivity index (χ4v) is 5.17. The highest BCUT2D eigenvalue weighted by atomic mass is 14.7. The van der Waals surface area contributed by atoms with Gasteiger partial charge in [0.15, 0.2) is 0 Å². The van der Waals surface area contributed by atoms with Crippen LogP contribution in [0.5, 0.6) is 0 Å². The van der Waals surface area contributed by atoms with E-state index in [1.165, 1.54) is 64.8 Å². The highest BCUT2D eigenvalue weighted by Gasteiger charge is 2.46. The maximum Gasteiger partial charge on any atom is 0.0707 e. The molecule has 1 saturated carbocycles. The lowest BCUT2D eigenvalue weighted by molar-refractivity contribution is 0.533. The number of hydrogen-bond acceptors (Lipinski definition) is 2. The van der Waals surface area contributed by atoms with Crippen molar-refractivity contribution in [2.45, 2.75) is 57.8 Å². The molecule has 27 heavy (non-hydrogen) atoms. The zero-order valence-electron chi connectivity index (χ0n) is 16.4. The van der Waals surface area contributed by atoms with Crippen molar-refractivity contribution in [3.8, 4) is 22.4 Å². The van der Waals surface area contributed by atoms with Crippen molar-refractivity contribution in [1.29, 1.82) is 0 Å². The van der Waals surface area contributed by atoms with Crippen LogP contribution in [0, 0.1) is 6.92 Å². The molecular weight excluding hydrogens is 328 g/mol. The van der Waals surface area contributed by atoms with E-state index in [1.54, 1.807) is 0 Å². The van der Waals surface area contributed by atoms with Gasteiger partial charge in [-0.1, -0.05) is 38.8 Å². The fourth-order valence-electron chi connectivity index (χ4n) is 5.17. The molecule has 2 heterocycles.